The Morgan fingerprint density at radius 3 is 2.21 bits per heavy atom. The molecule has 28 heavy (non-hydrogen) atoms. The Morgan fingerprint density at radius 2 is 1.64 bits per heavy atom. The van der Waals surface area contributed by atoms with Crippen LogP contribution < -0.4 is 10.6 Å². The van der Waals surface area contributed by atoms with Crippen molar-refractivity contribution in [2.45, 2.75) is 57.6 Å². The van der Waals surface area contributed by atoms with Crippen molar-refractivity contribution in [2.24, 2.45) is 23.2 Å². The molecule has 2 N–H and O–H groups in total. The van der Waals surface area contributed by atoms with Crippen LogP contribution in [-0.2, 0) is 9.59 Å². The summed E-state index contributed by atoms with van der Waals surface area (Å²) in [5.74, 6) is 3.01. The van der Waals surface area contributed by atoms with E-state index in [2.05, 4.69) is 10.6 Å². The Bertz CT molecular complexity index is 695. The van der Waals surface area contributed by atoms with Crippen LogP contribution in [0, 0.1) is 30.1 Å². The Morgan fingerprint density at radius 1 is 1.07 bits per heavy atom. The van der Waals surface area contributed by atoms with Gasteiger partial charge >= 0.3 is 0 Å². The predicted molar refractivity (Wildman–Crippen MR) is 115 cm³/mol. The molecule has 152 valence electrons. The maximum Gasteiger partial charge on any atom is 0.234 e. The van der Waals surface area contributed by atoms with Crippen molar-refractivity contribution < 1.29 is 9.59 Å². The molecule has 1 aromatic rings. The molecule has 0 aromatic heterocycles. The van der Waals surface area contributed by atoms with Gasteiger partial charge < -0.3 is 10.6 Å². The predicted octanol–water partition coefficient (Wildman–Crippen LogP) is 4.39. The molecule has 0 saturated heterocycles. The number of carbonyl (C=O) groups is 2. The zero-order chi connectivity index (χ0) is 19.7. The van der Waals surface area contributed by atoms with Crippen LogP contribution in [-0.4, -0.2) is 29.4 Å². The van der Waals surface area contributed by atoms with E-state index in [9.17, 15) is 9.59 Å². The molecule has 4 aliphatic carbocycles. The molecule has 1 unspecified atom stereocenters. The van der Waals surface area contributed by atoms with E-state index in [1.54, 1.807) is 0 Å². The van der Waals surface area contributed by atoms with Crippen molar-refractivity contribution in [3.8, 4) is 0 Å². The number of hydrogen-bond acceptors (Lipinski definition) is 3. The number of hydrogen-bond donors (Lipinski definition) is 2. The smallest absolute Gasteiger partial charge is 0.234 e. The number of rotatable bonds is 7. The van der Waals surface area contributed by atoms with Gasteiger partial charge in [0.15, 0.2) is 0 Å². The first-order chi connectivity index (χ1) is 13.4. The molecule has 5 rings (SSSR count). The van der Waals surface area contributed by atoms with Gasteiger partial charge in [-0.25, -0.2) is 0 Å². The lowest BCUT2D eigenvalue weighted by atomic mass is 9.49. The molecule has 0 spiro atoms. The van der Waals surface area contributed by atoms with Gasteiger partial charge in [-0.2, -0.15) is 0 Å². The molecule has 2 amide bonds. The first kappa shape index (κ1) is 19.8. The molecule has 0 radical (unpaired) electrons. The molecular formula is C23H32N2O2S. The van der Waals surface area contributed by atoms with Crippen molar-refractivity contribution in [3.05, 3.63) is 29.8 Å². The number of anilines is 1. The summed E-state index contributed by atoms with van der Waals surface area (Å²) in [6.45, 7) is 4.75. The molecule has 5 heteroatoms. The number of thioether (sulfide) groups is 1. The molecule has 0 heterocycles. The Labute approximate surface area is 172 Å². The van der Waals surface area contributed by atoms with E-state index in [0.29, 0.717) is 11.2 Å². The zero-order valence-electron chi connectivity index (χ0n) is 17.0. The maximum atomic E-state index is 12.6. The van der Waals surface area contributed by atoms with Gasteiger partial charge in [0.2, 0.25) is 11.8 Å². The molecule has 4 bridgehead atoms. The lowest BCUT2D eigenvalue weighted by Gasteiger charge is -2.57. The molecule has 4 saturated carbocycles. The first-order valence-electron chi connectivity index (χ1n) is 10.7. The molecule has 1 aromatic carbocycles. The molecule has 0 aliphatic heterocycles. The quantitative estimate of drug-likeness (QED) is 0.714. The van der Waals surface area contributed by atoms with E-state index in [1.165, 1.54) is 50.3 Å². The van der Waals surface area contributed by atoms with Gasteiger partial charge in [-0.05, 0) is 87.7 Å². The van der Waals surface area contributed by atoms with E-state index in [1.807, 2.05) is 38.1 Å². The first-order valence-corrected chi connectivity index (χ1v) is 11.7. The number of benzene rings is 1. The van der Waals surface area contributed by atoms with Gasteiger partial charge in [0, 0.05) is 12.2 Å². The summed E-state index contributed by atoms with van der Waals surface area (Å²) in [6, 6.07) is 7.76. The molecule has 4 aliphatic rings. The lowest BCUT2D eigenvalue weighted by molar-refractivity contribution is -0.122. The largest absolute Gasteiger partial charge is 0.355 e. The summed E-state index contributed by atoms with van der Waals surface area (Å²) in [5, 5.41) is 5.91. The van der Waals surface area contributed by atoms with Crippen LogP contribution in [0.2, 0.25) is 0 Å². The number of carbonyl (C=O) groups excluding carboxylic acids is 2. The van der Waals surface area contributed by atoms with Gasteiger partial charge in [0.05, 0.1) is 11.0 Å². The second-order valence-electron chi connectivity index (χ2n) is 9.50. The summed E-state index contributed by atoms with van der Waals surface area (Å²) >= 11 is 1.41. The third-order valence-electron chi connectivity index (χ3n) is 6.97. The normalized spacial score (nSPS) is 31.4. The SMILES string of the molecule is Cc1ccc(NC(=O)CSC(C)C(=O)NCC23CC4CC(CC(C4)C2)C3)cc1. The second-order valence-corrected chi connectivity index (χ2v) is 10.8. The van der Waals surface area contributed by atoms with Gasteiger partial charge in [-0.3, -0.25) is 9.59 Å². The Kier molecular flexibility index (Phi) is 5.73. The highest BCUT2D eigenvalue weighted by molar-refractivity contribution is 8.01. The monoisotopic (exact) mass is 400 g/mol. The minimum absolute atomic E-state index is 0.0606. The number of amides is 2. The van der Waals surface area contributed by atoms with E-state index in [4.69, 9.17) is 0 Å². The third kappa shape index (κ3) is 4.56. The molecule has 1 atom stereocenters. The highest BCUT2D eigenvalue weighted by Crippen LogP contribution is 2.59. The minimum Gasteiger partial charge on any atom is -0.355 e. The Hall–Kier alpha value is -1.49. The van der Waals surface area contributed by atoms with Gasteiger partial charge in [-0.1, -0.05) is 17.7 Å². The second kappa shape index (κ2) is 8.10. The van der Waals surface area contributed by atoms with Gasteiger partial charge in [-0.15, -0.1) is 11.8 Å². The lowest BCUT2D eigenvalue weighted by Crippen LogP contribution is -2.51. The minimum atomic E-state index is -0.210. The fourth-order valence-electron chi connectivity index (χ4n) is 6.04. The average molecular weight is 401 g/mol. The molecule has 4 fully saturated rings. The fraction of sp³-hybridized carbons (Fsp3) is 0.652. The van der Waals surface area contributed by atoms with Crippen LogP contribution in [0.5, 0.6) is 0 Å². The highest BCUT2D eigenvalue weighted by atomic mass is 32.2. The van der Waals surface area contributed by atoms with Crippen molar-refractivity contribution in [2.75, 3.05) is 17.6 Å². The standard InChI is InChI=1S/C23H32N2O2S/c1-15-3-5-20(6-4-15)25-21(26)13-28-16(2)22(27)24-14-23-10-17-7-18(11-23)9-19(8-17)12-23/h3-6,16-19H,7-14H2,1-2H3,(H,24,27)(H,25,26). The summed E-state index contributed by atoms with van der Waals surface area (Å²) < 4.78 is 0. The van der Waals surface area contributed by atoms with Crippen LogP contribution >= 0.6 is 11.8 Å². The number of nitrogens with one attached hydrogen (secondary N) is 2. The van der Waals surface area contributed by atoms with Gasteiger partial charge in [0.25, 0.3) is 0 Å². The fourth-order valence-corrected chi connectivity index (χ4v) is 6.74. The van der Waals surface area contributed by atoms with Crippen LogP contribution in [0.4, 0.5) is 5.69 Å². The van der Waals surface area contributed by atoms with Crippen LogP contribution in [0.3, 0.4) is 0 Å². The van der Waals surface area contributed by atoms with E-state index >= 15 is 0 Å². The van der Waals surface area contributed by atoms with Crippen molar-refractivity contribution in [3.63, 3.8) is 0 Å². The van der Waals surface area contributed by atoms with Crippen LogP contribution in [0.1, 0.15) is 51.0 Å². The van der Waals surface area contributed by atoms with Crippen molar-refractivity contribution in [1.82, 2.24) is 5.32 Å². The highest BCUT2D eigenvalue weighted by Gasteiger charge is 2.50. The van der Waals surface area contributed by atoms with Gasteiger partial charge in [0.1, 0.15) is 0 Å². The summed E-state index contributed by atoms with van der Waals surface area (Å²) in [6.07, 6.45) is 8.19. The maximum absolute atomic E-state index is 12.6. The summed E-state index contributed by atoms with van der Waals surface area (Å²) in [5.41, 5.74) is 2.32. The van der Waals surface area contributed by atoms with Crippen LogP contribution in [0.15, 0.2) is 24.3 Å². The van der Waals surface area contributed by atoms with E-state index < -0.39 is 0 Å². The van der Waals surface area contributed by atoms with E-state index in [-0.39, 0.29) is 17.1 Å². The van der Waals surface area contributed by atoms with E-state index in [0.717, 1.165) is 35.5 Å². The molecular weight excluding hydrogens is 368 g/mol. The zero-order valence-corrected chi connectivity index (χ0v) is 17.8. The third-order valence-corrected chi connectivity index (χ3v) is 8.11. The molecule has 4 nitrogen and oxygen atoms in total. The average Bonchev–Trinajstić information content (AvgIpc) is 2.65. The summed E-state index contributed by atoms with van der Waals surface area (Å²) in [4.78, 5) is 24.7. The van der Waals surface area contributed by atoms with Crippen molar-refractivity contribution in [1.29, 1.82) is 0 Å². The van der Waals surface area contributed by atoms with Crippen molar-refractivity contribution >= 4 is 29.3 Å². The van der Waals surface area contributed by atoms with Crippen LogP contribution in [0.25, 0.3) is 0 Å². The topological polar surface area (TPSA) is 58.2 Å². The Balaban J connectivity index is 1.21. The summed E-state index contributed by atoms with van der Waals surface area (Å²) in [7, 11) is 0. The number of aryl methyl sites for hydroxylation is 1.